The van der Waals surface area contributed by atoms with Crippen molar-refractivity contribution in [1.82, 2.24) is 10.3 Å². The van der Waals surface area contributed by atoms with Crippen LogP contribution in [0.15, 0.2) is 34.9 Å². The molecule has 2 aromatic rings. The second-order valence-corrected chi connectivity index (χ2v) is 4.76. The second-order valence-electron chi connectivity index (χ2n) is 4.76. The highest BCUT2D eigenvalue weighted by atomic mass is 16.5. The number of benzene rings is 1. The molecule has 19 heavy (non-hydrogen) atoms. The molecule has 100 valence electrons. The van der Waals surface area contributed by atoms with E-state index < -0.39 is 0 Å². The number of para-hydroxylation sites is 1. The van der Waals surface area contributed by atoms with Crippen LogP contribution < -0.4 is 10.1 Å². The van der Waals surface area contributed by atoms with Crippen molar-refractivity contribution in [3.63, 3.8) is 0 Å². The Balaban J connectivity index is 1.47. The van der Waals surface area contributed by atoms with Crippen molar-refractivity contribution < 1.29 is 9.15 Å². The van der Waals surface area contributed by atoms with Crippen molar-refractivity contribution in [3.05, 3.63) is 47.7 Å². The molecule has 0 saturated carbocycles. The maximum absolute atomic E-state index is 5.86. The Morgan fingerprint density at radius 2 is 2.26 bits per heavy atom. The van der Waals surface area contributed by atoms with E-state index >= 15 is 0 Å². The summed E-state index contributed by atoms with van der Waals surface area (Å²) >= 11 is 0. The summed E-state index contributed by atoms with van der Waals surface area (Å²) in [6.07, 6.45) is 3.85. The van der Waals surface area contributed by atoms with Gasteiger partial charge in [-0.2, -0.15) is 0 Å². The lowest BCUT2D eigenvalue weighted by Crippen LogP contribution is -2.29. The van der Waals surface area contributed by atoms with Gasteiger partial charge in [0, 0.05) is 19.4 Å². The van der Waals surface area contributed by atoms with Crippen molar-refractivity contribution in [2.75, 3.05) is 6.54 Å². The molecule has 4 heteroatoms. The number of aromatic nitrogens is 1. The van der Waals surface area contributed by atoms with Crippen molar-refractivity contribution in [1.29, 1.82) is 0 Å². The van der Waals surface area contributed by atoms with Gasteiger partial charge in [-0.05, 0) is 11.6 Å². The maximum atomic E-state index is 5.86. The largest absolute Gasteiger partial charge is 0.488 e. The summed E-state index contributed by atoms with van der Waals surface area (Å²) in [5.41, 5.74) is 1.29. The molecule has 1 atom stereocenters. The minimum atomic E-state index is 0.206. The lowest BCUT2D eigenvalue weighted by molar-refractivity contribution is 0.225. The Kier molecular flexibility index (Phi) is 3.51. The summed E-state index contributed by atoms with van der Waals surface area (Å²) < 4.78 is 11.4. The summed E-state index contributed by atoms with van der Waals surface area (Å²) in [7, 11) is 0. The van der Waals surface area contributed by atoms with Gasteiger partial charge in [0.05, 0.1) is 12.7 Å². The summed E-state index contributed by atoms with van der Waals surface area (Å²) in [5.74, 6) is 2.69. The Hall–Kier alpha value is -1.81. The molecule has 2 heterocycles. The number of hydrogen-bond donors (Lipinski definition) is 1. The number of nitrogens with zero attached hydrogens (tertiary/aromatic N) is 1. The summed E-state index contributed by atoms with van der Waals surface area (Å²) in [4.78, 5) is 4.22. The fourth-order valence-corrected chi connectivity index (χ4v) is 2.30. The number of nitrogens with one attached hydrogen (secondary N) is 1. The SMILES string of the molecule is CCc1cnc(CNCC2Cc3ccccc3O2)o1. The van der Waals surface area contributed by atoms with Gasteiger partial charge in [-0.1, -0.05) is 25.1 Å². The predicted octanol–water partition coefficient (Wildman–Crippen LogP) is 2.33. The van der Waals surface area contributed by atoms with Gasteiger partial charge in [0.1, 0.15) is 17.6 Å². The first-order chi connectivity index (χ1) is 9.35. The number of fused-ring (bicyclic) bond motifs is 1. The molecule has 0 amide bonds. The van der Waals surface area contributed by atoms with Gasteiger partial charge in [0.2, 0.25) is 5.89 Å². The predicted molar refractivity (Wildman–Crippen MR) is 72.1 cm³/mol. The van der Waals surface area contributed by atoms with Gasteiger partial charge in [-0.15, -0.1) is 0 Å². The second kappa shape index (κ2) is 5.45. The molecule has 0 aliphatic carbocycles. The van der Waals surface area contributed by atoms with Crippen LogP contribution in [0.3, 0.4) is 0 Å². The molecule has 1 aliphatic rings. The molecule has 4 nitrogen and oxygen atoms in total. The molecule has 0 bridgehead atoms. The molecule has 0 radical (unpaired) electrons. The first kappa shape index (κ1) is 12.2. The Bertz CT molecular complexity index is 526. The molecule has 0 spiro atoms. The van der Waals surface area contributed by atoms with Crippen LogP contribution in [0.2, 0.25) is 0 Å². The van der Waals surface area contributed by atoms with Crippen LogP contribution in [0.5, 0.6) is 5.75 Å². The molecule has 0 fully saturated rings. The number of aryl methyl sites for hydroxylation is 1. The Morgan fingerprint density at radius 3 is 3.05 bits per heavy atom. The third-order valence-corrected chi connectivity index (χ3v) is 3.31. The van der Waals surface area contributed by atoms with Gasteiger partial charge in [-0.3, -0.25) is 0 Å². The van der Waals surface area contributed by atoms with Crippen LogP contribution in [0, 0.1) is 0 Å². The van der Waals surface area contributed by atoms with Crippen LogP contribution in [-0.4, -0.2) is 17.6 Å². The lowest BCUT2D eigenvalue weighted by atomic mass is 10.1. The molecular formula is C15H18N2O2. The summed E-state index contributed by atoms with van der Waals surface area (Å²) in [5, 5.41) is 3.33. The number of hydrogen-bond acceptors (Lipinski definition) is 4. The molecular weight excluding hydrogens is 240 g/mol. The zero-order valence-corrected chi connectivity index (χ0v) is 11.1. The number of rotatable bonds is 5. The molecule has 1 N–H and O–H groups in total. The highest BCUT2D eigenvalue weighted by Crippen LogP contribution is 2.27. The first-order valence-electron chi connectivity index (χ1n) is 6.74. The first-order valence-corrected chi connectivity index (χ1v) is 6.74. The molecule has 1 aromatic carbocycles. The number of ether oxygens (including phenoxy) is 1. The van der Waals surface area contributed by atoms with E-state index in [0.717, 1.165) is 36.8 Å². The van der Waals surface area contributed by atoms with Crippen LogP contribution >= 0.6 is 0 Å². The van der Waals surface area contributed by atoms with Gasteiger partial charge in [0.25, 0.3) is 0 Å². The van der Waals surface area contributed by atoms with Gasteiger partial charge >= 0.3 is 0 Å². The fourth-order valence-electron chi connectivity index (χ4n) is 2.30. The average Bonchev–Trinajstić information content (AvgIpc) is 3.04. The summed E-state index contributed by atoms with van der Waals surface area (Å²) in [6.45, 7) is 3.51. The van der Waals surface area contributed by atoms with E-state index in [1.165, 1.54) is 5.56 Å². The third-order valence-electron chi connectivity index (χ3n) is 3.31. The Morgan fingerprint density at radius 1 is 1.37 bits per heavy atom. The van der Waals surface area contributed by atoms with Crippen molar-refractivity contribution >= 4 is 0 Å². The summed E-state index contributed by atoms with van der Waals surface area (Å²) in [6, 6.07) is 8.21. The van der Waals surface area contributed by atoms with E-state index in [2.05, 4.69) is 29.4 Å². The van der Waals surface area contributed by atoms with Crippen molar-refractivity contribution in [2.24, 2.45) is 0 Å². The van der Waals surface area contributed by atoms with Crippen molar-refractivity contribution in [3.8, 4) is 5.75 Å². The van der Waals surface area contributed by atoms with Crippen LogP contribution in [0.4, 0.5) is 0 Å². The molecule has 1 aromatic heterocycles. The van der Waals surface area contributed by atoms with E-state index in [4.69, 9.17) is 9.15 Å². The minimum Gasteiger partial charge on any atom is -0.488 e. The molecule has 3 rings (SSSR count). The highest BCUT2D eigenvalue weighted by Gasteiger charge is 2.21. The fraction of sp³-hybridized carbons (Fsp3) is 0.400. The molecule has 1 aliphatic heterocycles. The van der Waals surface area contributed by atoms with Crippen molar-refractivity contribution in [2.45, 2.75) is 32.4 Å². The van der Waals surface area contributed by atoms with E-state index in [1.807, 2.05) is 12.1 Å². The zero-order chi connectivity index (χ0) is 13.1. The van der Waals surface area contributed by atoms with Crippen LogP contribution in [0.1, 0.15) is 24.1 Å². The average molecular weight is 258 g/mol. The third kappa shape index (κ3) is 2.79. The standard InChI is InChI=1S/C15H18N2O2/c1-2-12-9-17-15(19-12)10-16-8-13-7-11-5-3-4-6-14(11)18-13/h3-6,9,13,16H,2,7-8,10H2,1H3. The van der Waals surface area contributed by atoms with E-state index in [1.54, 1.807) is 6.20 Å². The maximum Gasteiger partial charge on any atom is 0.208 e. The van der Waals surface area contributed by atoms with Gasteiger partial charge in [0.15, 0.2) is 0 Å². The van der Waals surface area contributed by atoms with Crippen LogP contribution in [-0.2, 0) is 19.4 Å². The Labute approximate surface area is 112 Å². The zero-order valence-electron chi connectivity index (χ0n) is 11.1. The smallest absolute Gasteiger partial charge is 0.208 e. The molecule has 1 unspecified atom stereocenters. The van der Waals surface area contributed by atoms with Gasteiger partial charge in [-0.25, -0.2) is 4.98 Å². The lowest BCUT2D eigenvalue weighted by Gasteiger charge is -2.10. The monoisotopic (exact) mass is 258 g/mol. The normalized spacial score (nSPS) is 17.2. The van der Waals surface area contributed by atoms with E-state index in [0.29, 0.717) is 6.54 Å². The van der Waals surface area contributed by atoms with E-state index in [9.17, 15) is 0 Å². The van der Waals surface area contributed by atoms with Gasteiger partial charge < -0.3 is 14.5 Å². The minimum absolute atomic E-state index is 0.206. The molecule has 0 saturated heterocycles. The highest BCUT2D eigenvalue weighted by molar-refractivity contribution is 5.37. The quantitative estimate of drug-likeness (QED) is 0.894. The topological polar surface area (TPSA) is 47.3 Å². The number of oxazole rings is 1. The van der Waals surface area contributed by atoms with E-state index in [-0.39, 0.29) is 6.10 Å². The van der Waals surface area contributed by atoms with Crippen LogP contribution in [0.25, 0.3) is 0 Å².